The molecular weight excluding hydrogens is 481 g/mol. The van der Waals surface area contributed by atoms with Crippen LogP contribution in [-0.4, -0.2) is 16.6 Å². The summed E-state index contributed by atoms with van der Waals surface area (Å²) < 4.78 is 26.3. The van der Waals surface area contributed by atoms with Gasteiger partial charge in [0.05, 0.1) is 32.4 Å². The van der Waals surface area contributed by atoms with Crippen molar-refractivity contribution in [3.63, 3.8) is 0 Å². The van der Waals surface area contributed by atoms with E-state index < -0.39 is 5.76 Å². The van der Waals surface area contributed by atoms with Crippen LogP contribution in [0.3, 0.4) is 0 Å². The van der Waals surface area contributed by atoms with Gasteiger partial charge in [0.1, 0.15) is 0 Å². The molecule has 1 amide bonds. The van der Waals surface area contributed by atoms with E-state index in [1.165, 1.54) is 16.2 Å². The SMILES string of the molecule is O=C(Cc1ccc(Cl)c(Cl)c1)N(c1ccc(SC(F)F)cc1)c1nc2ccccc2s1. The maximum absolute atomic E-state index is 13.3. The Kier molecular flexibility index (Phi) is 6.77. The van der Waals surface area contributed by atoms with Crippen molar-refractivity contribution in [2.45, 2.75) is 17.1 Å². The lowest BCUT2D eigenvalue weighted by Gasteiger charge is -2.20. The van der Waals surface area contributed by atoms with Gasteiger partial charge in [0.2, 0.25) is 5.91 Å². The number of carbonyl (C=O) groups excluding carboxylic acids is 1. The fourth-order valence-electron chi connectivity index (χ4n) is 3.00. The van der Waals surface area contributed by atoms with Gasteiger partial charge in [0.15, 0.2) is 5.13 Å². The van der Waals surface area contributed by atoms with E-state index in [4.69, 9.17) is 23.2 Å². The molecular formula is C22H14Cl2F2N2OS2. The zero-order chi connectivity index (χ0) is 22.0. The number of halogens is 4. The Labute approximate surface area is 195 Å². The molecule has 0 spiro atoms. The van der Waals surface area contributed by atoms with Crippen LogP contribution in [0, 0.1) is 0 Å². The number of thioether (sulfide) groups is 1. The van der Waals surface area contributed by atoms with Gasteiger partial charge in [-0.25, -0.2) is 4.98 Å². The van der Waals surface area contributed by atoms with Crippen molar-refractivity contribution in [1.82, 2.24) is 4.98 Å². The molecule has 0 aliphatic carbocycles. The number of nitrogens with zero attached hydrogens (tertiary/aromatic N) is 2. The smallest absolute Gasteiger partial charge is 0.274 e. The number of fused-ring (bicyclic) bond motifs is 1. The maximum atomic E-state index is 13.3. The van der Waals surface area contributed by atoms with Crippen molar-refractivity contribution in [3.8, 4) is 0 Å². The van der Waals surface area contributed by atoms with Gasteiger partial charge in [-0.1, -0.05) is 64.5 Å². The molecule has 0 radical (unpaired) electrons. The van der Waals surface area contributed by atoms with E-state index in [-0.39, 0.29) is 12.3 Å². The molecule has 0 saturated heterocycles. The average molecular weight is 495 g/mol. The van der Waals surface area contributed by atoms with E-state index in [2.05, 4.69) is 4.98 Å². The lowest BCUT2D eigenvalue weighted by molar-refractivity contribution is -0.117. The van der Waals surface area contributed by atoms with Crippen LogP contribution in [0.25, 0.3) is 10.2 Å². The van der Waals surface area contributed by atoms with Crippen LogP contribution in [-0.2, 0) is 11.2 Å². The summed E-state index contributed by atoms with van der Waals surface area (Å²) in [6.45, 7) is 0. The molecule has 0 unspecified atom stereocenters. The lowest BCUT2D eigenvalue weighted by atomic mass is 10.1. The number of benzene rings is 3. The third-order valence-electron chi connectivity index (χ3n) is 4.38. The molecule has 3 nitrogen and oxygen atoms in total. The van der Waals surface area contributed by atoms with Crippen LogP contribution in [0.15, 0.2) is 71.6 Å². The Morgan fingerprint density at radius 1 is 1.03 bits per heavy atom. The van der Waals surface area contributed by atoms with Crippen molar-refractivity contribution >= 4 is 73.2 Å². The van der Waals surface area contributed by atoms with Gasteiger partial charge in [0, 0.05) is 4.90 Å². The minimum absolute atomic E-state index is 0.0698. The quantitative estimate of drug-likeness (QED) is 0.256. The third kappa shape index (κ3) is 5.18. The van der Waals surface area contributed by atoms with Gasteiger partial charge >= 0.3 is 0 Å². The van der Waals surface area contributed by atoms with Gasteiger partial charge in [0.25, 0.3) is 5.76 Å². The molecule has 0 saturated carbocycles. The summed E-state index contributed by atoms with van der Waals surface area (Å²) in [5.74, 6) is -2.74. The summed E-state index contributed by atoms with van der Waals surface area (Å²) in [7, 11) is 0. The first-order valence-electron chi connectivity index (χ1n) is 9.08. The zero-order valence-corrected chi connectivity index (χ0v) is 18.9. The largest absolute Gasteiger partial charge is 0.288 e. The minimum atomic E-state index is -2.51. The van der Waals surface area contributed by atoms with Crippen LogP contribution < -0.4 is 4.90 Å². The van der Waals surface area contributed by atoms with Crippen LogP contribution in [0.1, 0.15) is 5.56 Å². The van der Waals surface area contributed by atoms with Crippen molar-refractivity contribution < 1.29 is 13.6 Å². The van der Waals surface area contributed by atoms with Gasteiger partial charge in [-0.15, -0.1) is 0 Å². The first-order valence-corrected chi connectivity index (χ1v) is 11.5. The summed E-state index contributed by atoms with van der Waals surface area (Å²) in [5, 5.41) is 1.28. The van der Waals surface area contributed by atoms with E-state index in [1.54, 1.807) is 42.5 Å². The molecule has 3 aromatic carbocycles. The molecule has 0 aliphatic heterocycles. The number of aromatic nitrogens is 1. The van der Waals surface area contributed by atoms with Gasteiger partial charge in [-0.3, -0.25) is 9.69 Å². The molecule has 0 fully saturated rings. The zero-order valence-electron chi connectivity index (χ0n) is 15.8. The Bertz CT molecular complexity index is 1200. The van der Waals surface area contributed by atoms with Crippen LogP contribution in [0.2, 0.25) is 10.0 Å². The predicted octanol–water partition coefficient (Wildman–Crippen LogP) is 7.83. The van der Waals surface area contributed by atoms with E-state index in [1.807, 2.05) is 24.3 Å². The molecule has 1 heterocycles. The molecule has 31 heavy (non-hydrogen) atoms. The highest BCUT2D eigenvalue weighted by molar-refractivity contribution is 7.99. The summed E-state index contributed by atoms with van der Waals surface area (Å²) in [5.41, 5.74) is 2.03. The number of carbonyl (C=O) groups is 1. The fourth-order valence-corrected chi connectivity index (χ4v) is 4.82. The average Bonchev–Trinajstić information content (AvgIpc) is 3.15. The highest BCUT2D eigenvalue weighted by Crippen LogP contribution is 2.35. The first-order chi connectivity index (χ1) is 14.9. The molecule has 0 aliphatic rings. The second-order valence-corrected chi connectivity index (χ2v) is 9.38. The van der Waals surface area contributed by atoms with Crippen LogP contribution >= 0.6 is 46.3 Å². The minimum Gasteiger partial charge on any atom is -0.274 e. The van der Waals surface area contributed by atoms with Crippen molar-refractivity contribution in [1.29, 1.82) is 0 Å². The molecule has 0 N–H and O–H groups in total. The number of hydrogen-bond donors (Lipinski definition) is 0. The van der Waals surface area contributed by atoms with Gasteiger partial charge in [-0.2, -0.15) is 8.78 Å². The molecule has 0 atom stereocenters. The first kappa shape index (κ1) is 22.0. The third-order valence-corrected chi connectivity index (χ3v) is 6.87. The number of para-hydroxylation sites is 1. The van der Waals surface area contributed by atoms with Gasteiger partial charge in [-0.05, 0) is 54.1 Å². The molecule has 0 bridgehead atoms. The van der Waals surface area contributed by atoms with Crippen molar-refractivity contribution in [2.75, 3.05) is 4.90 Å². The Hall–Kier alpha value is -2.19. The number of anilines is 2. The van der Waals surface area contributed by atoms with Gasteiger partial charge < -0.3 is 0 Å². The Balaban J connectivity index is 1.71. The molecule has 4 rings (SSSR count). The predicted molar refractivity (Wildman–Crippen MR) is 125 cm³/mol. The number of thiazole rings is 1. The summed E-state index contributed by atoms with van der Waals surface area (Å²) in [4.78, 5) is 19.9. The number of rotatable bonds is 6. The van der Waals surface area contributed by atoms with E-state index in [9.17, 15) is 13.6 Å². The van der Waals surface area contributed by atoms with Crippen molar-refractivity contribution in [2.24, 2.45) is 0 Å². The van der Waals surface area contributed by atoms with E-state index >= 15 is 0 Å². The number of alkyl halides is 2. The second kappa shape index (κ2) is 9.53. The molecule has 1 aromatic heterocycles. The number of hydrogen-bond acceptors (Lipinski definition) is 4. The van der Waals surface area contributed by atoms with Crippen molar-refractivity contribution in [3.05, 3.63) is 82.3 Å². The molecule has 9 heteroatoms. The topological polar surface area (TPSA) is 33.2 Å². The van der Waals surface area contributed by atoms with Crippen LogP contribution in [0.5, 0.6) is 0 Å². The van der Waals surface area contributed by atoms with E-state index in [0.29, 0.717) is 43.1 Å². The maximum Gasteiger partial charge on any atom is 0.288 e. The summed E-state index contributed by atoms with van der Waals surface area (Å²) in [6, 6.07) is 19.0. The Morgan fingerprint density at radius 2 is 1.77 bits per heavy atom. The highest BCUT2D eigenvalue weighted by Gasteiger charge is 2.22. The lowest BCUT2D eigenvalue weighted by Crippen LogP contribution is -2.27. The molecule has 158 valence electrons. The van der Waals surface area contributed by atoms with E-state index in [0.717, 1.165) is 10.2 Å². The second-order valence-electron chi connectivity index (χ2n) is 6.49. The molecule has 4 aromatic rings. The Morgan fingerprint density at radius 3 is 2.45 bits per heavy atom. The standard InChI is InChI=1S/C22H14Cl2F2N2OS2/c23-16-10-5-13(11-17(16)24)12-20(29)28(14-6-8-15(9-7-14)30-21(25)26)22-27-18-3-1-2-4-19(18)31-22/h1-11,21H,12H2. The number of amides is 1. The monoisotopic (exact) mass is 494 g/mol. The normalized spacial score (nSPS) is 11.3. The summed E-state index contributed by atoms with van der Waals surface area (Å²) in [6.07, 6.45) is 0.0698. The summed E-state index contributed by atoms with van der Waals surface area (Å²) >= 11 is 13.9. The fraction of sp³-hybridized carbons (Fsp3) is 0.0909. The highest BCUT2D eigenvalue weighted by atomic mass is 35.5. The van der Waals surface area contributed by atoms with Crippen LogP contribution in [0.4, 0.5) is 19.6 Å².